The van der Waals surface area contributed by atoms with E-state index in [-0.39, 0.29) is 11.5 Å². The van der Waals surface area contributed by atoms with Crippen LogP contribution in [0.4, 0.5) is 0 Å². The molecule has 0 aliphatic heterocycles. The van der Waals surface area contributed by atoms with E-state index in [1.165, 1.54) is 25.7 Å². The molecule has 0 aromatic heterocycles. The zero-order chi connectivity index (χ0) is 19.5. The van der Waals surface area contributed by atoms with Crippen molar-refractivity contribution in [2.75, 3.05) is 6.61 Å². The summed E-state index contributed by atoms with van der Waals surface area (Å²) in [5.74, 6) is 0.427. The molecule has 3 heteroatoms. The minimum atomic E-state index is -0.194. The van der Waals surface area contributed by atoms with E-state index in [4.69, 9.17) is 4.74 Å². The number of phenolic OH excluding ortho intramolecular Hbond substituents is 1. The molecule has 27 heavy (non-hydrogen) atoms. The molecular formula is C24H30O3. The van der Waals surface area contributed by atoms with Gasteiger partial charge in [-0.25, -0.2) is 0 Å². The standard InChI is InChI=1S/C24H30O3/c1-3-5-6-7-8-12-18-27-22-17-16-21(24(26)20(22)13-4-2)23(25)19-14-10-9-11-15-19/h4,9-11,14-17,26H,2-3,5-8,12-13,18H2,1H3. The molecule has 0 bridgehead atoms. The third kappa shape index (κ3) is 5.99. The van der Waals surface area contributed by atoms with Crippen molar-refractivity contribution < 1.29 is 14.6 Å². The number of carbonyl (C=O) groups excluding carboxylic acids is 1. The molecule has 3 nitrogen and oxygen atoms in total. The lowest BCUT2D eigenvalue weighted by molar-refractivity contribution is 0.103. The molecule has 0 heterocycles. The number of ketones is 1. The van der Waals surface area contributed by atoms with E-state index in [2.05, 4.69) is 13.5 Å². The van der Waals surface area contributed by atoms with E-state index in [0.717, 1.165) is 12.8 Å². The first-order valence-corrected chi connectivity index (χ1v) is 9.87. The van der Waals surface area contributed by atoms with Gasteiger partial charge in [0.15, 0.2) is 5.78 Å². The summed E-state index contributed by atoms with van der Waals surface area (Å²) in [6, 6.07) is 12.4. The van der Waals surface area contributed by atoms with Gasteiger partial charge in [-0.15, -0.1) is 6.58 Å². The predicted molar refractivity (Wildman–Crippen MR) is 111 cm³/mol. The van der Waals surface area contributed by atoms with Crippen LogP contribution in [0.3, 0.4) is 0 Å². The number of rotatable bonds is 12. The average Bonchev–Trinajstić information content (AvgIpc) is 2.70. The number of phenols is 1. The zero-order valence-electron chi connectivity index (χ0n) is 16.2. The Morgan fingerprint density at radius 2 is 1.74 bits per heavy atom. The molecule has 0 spiro atoms. The third-order valence-corrected chi connectivity index (χ3v) is 4.62. The van der Waals surface area contributed by atoms with Gasteiger partial charge in [0.25, 0.3) is 0 Å². The maximum Gasteiger partial charge on any atom is 0.196 e. The minimum absolute atomic E-state index is 0.0100. The quantitative estimate of drug-likeness (QED) is 0.281. The summed E-state index contributed by atoms with van der Waals surface area (Å²) in [6.45, 7) is 6.58. The van der Waals surface area contributed by atoms with Gasteiger partial charge < -0.3 is 9.84 Å². The van der Waals surface area contributed by atoms with Gasteiger partial charge in [0, 0.05) is 11.1 Å². The first-order chi connectivity index (χ1) is 13.2. The lowest BCUT2D eigenvalue weighted by Gasteiger charge is -2.15. The van der Waals surface area contributed by atoms with Crippen LogP contribution in [-0.2, 0) is 6.42 Å². The molecule has 0 fully saturated rings. The molecule has 0 atom stereocenters. The summed E-state index contributed by atoms with van der Waals surface area (Å²) in [6.07, 6.45) is 9.33. The Kier molecular flexibility index (Phi) is 8.63. The Balaban J connectivity index is 2.07. The van der Waals surface area contributed by atoms with E-state index < -0.39 is 0 Å². The van der Waals surface area contributed by atoms with E-state index in [1.54, 1.807) is 30.3 Å². The molecule has 2 aromatic carbocycles. The fourth-order valence-corrected chi connectivity index (χ4v) is 3.09. The van der Waals surface area contributed by atoms with Crippen molar-refractivity contribution in [3.8, 4) is 11.5 Å². The molecule has 1 N–H and O–H groups in total. The number of aromatic hydroxyl groups is 1. The van der Waals surface area contributed by atoms with Crippen LogP contribution in [0.15, 0.2) is 55.1 Å². The maximum absolute atomic E-state index is 12.7. The van der Waals surface area contributed by atoms with Crippen LogP contribution in [0.25, 0.3) is 0 Å². The summed E-state index contributed by atoms with van der Waals surface area (Å²) >= 11 is 0. The fourth-order valence-electron chi connectivity index (χ4n) is 3.09. The molecule has 0 radical (unpaired) electrons. The molecule has 0 aliphatic rings. The molecule has 144 valence electrons. The number of hydrogen-bond donors (Lipinski definition) is 1. The van der Waals surface area contributed by atoms with E-state index in [0.29, 0.717) is 35.5 Å². The fraction of sp³-hybridized carbons (Fsp3) is 0.375. The van der Waals surface area contributed by atoms with Gasteiger partial charge >= 0.3 is 0 Å². The van der Waals surface area contributed by atoms with Crippen molar-refractivity contribution in [2.45, 2.75) is 51.9 Å². The van der Waals surface area contributed by atoms with Gasteiger partial charge in [-0.1, -0.05) is 75.4 Å². The highest BCUT2D eigenvalue weighted by Gasteiger charge is 2.19. The Labute approximate surface area is 162 Å². The van der Waals surface area contributed by atoms with Gasteiger partial charge in [0.1, 0.15) is 11.5 Å². The van der Waals surface area contributed by atoms with Crippen LogP contribution in [0.5, 0.6) is 11.5 Å². The van der Waals surface area contributed by atoms with E-state index in [9.17, 15) is 9.90 Å². The van der Waals surface area contributed by atoms with Crippen LogP contribution in [0.1, 0.15) is 66.9 Å². The molecule has 2 rings (SSSR count). The van der Waals surface area contributed by atoms with Gasteiger partial charge in [0.2, 0.25) is 0 Å². The van der Waals surface area contributed by atoms with Crippen molar-refractivity contribution >= 4 is 5.78 Å². The van der Waals surface area contributed by atoms with Crippen molar-refractivity contribution in [3.63, 3.8) is 0 Å². The highest BCUT2D eigenvalue weighted by molar-refractivity contribution is 6.11. The topological polar surface area (TPSA) is 46.5 Å². The second-order valence-corrected chi connectivity index (χ2v) is 6.74. The van der Waals surface area contributed by atoms with Gasteiger partial charge in [-0.05, 0) is 25.0 Å². The molecule has 0 aliphatic carbocycles. The average molecular weight is 367 g/mol. The number of ether oxygens (including phenoxy) is 1. The van der Waals surface area contributed by atoms with Crippen LogP contribution < -0.4 is 4.74 Å². The Hall–Kier alpha value is -2.55. The summed E-state index contributed by atoms with van der Waals surface area (Å²) < 4.78 is 5.90. The van der Waals surface area contributed by atoms with E-state index in [1.807, 2.05) is 18.2 Å². The lowest BCUT2D eigenvalue weighted by atomic mass is 9.98. The number of carbonyl (C=O) groups is 1. The second kappa shape index (κ2) is 11.2. The smallest absolute Gasteiger partial charge is 0.196 e. The molecule has 2 aromatic rings. The number of allylic oxidation sites excluding steroid dienone is 1. The summed E-state index contributed by atoms with van der Waals surface area (Å²) in [7, 11) is 0. The highest BCUT2D eigenvalue weighted by Crippen LogP contribution is 2.33. The first-order valence-electron chi connectivity index (χ1n) is 9.87. The van der Waals surface area contributed by atoms with Crippen LogP contribution >= 0.6 is 0 Å². The Morgan fingerprint density at radius 3 is 2.44 bits per heavy atom. The van der Waals surface area contributed by atoms with E-state index >= 15 is 0 Å². The maximum atomic E-state index is 12.7. The van der Waals surface area contributed by atoms with Gasteiger partial charge in [-0.3, -0.25) is 4.79 Å². The van der Waals surface area contributed by atoms with Crippen molar-refractivity contribution in [2.24, 2.45) is 0 Å². The summed E-state index contributed by atoms with van der Waals surface area (Å²) in [5, 5.41) is 10.7. The predicted octanol–water partition coefficient (Wildman–Crippen LogP) is 6.09. The van der Waals surface area contributed by atoms with Crippen LogP contribution in [0.2, 0.25) is 0 Å². The Bertz CT molecular complexity index is 735. The van der Waals surface area contributed by atoms with Crippen molar-refractivity contribution in [3.05, 3.63) is 71.8 Å². The summed E-state index contributed by atoms with van der Waals surface area (Å²) in [5.41, 5.74) is 1.47. The first kappa shape index (κ1) is 20.8. The van der Waals surface area contributed by atoms with Crippen LogP contribution in [0, 0.1) is 0 Å². The normalized spacial score (nSPS) is 10.6. The number of benzene rings is 2. The number of unbranched alkanes of at least 4 members (excludes halogenated alkanes) is 5. The molecule has 0 amide bonds. The van der Waals surface area contributed by atoms with Crippen molar-refractivity contribution in [1.29, 1.82) is 0 Å². The monoisotopic (exact) mass is 366 g/mol. The van der Waals surface area contributed by atoms with Gasteiger partial charge in [-0.2, -0.15) is 0 Å². The SMILES string of the molecule is C=CCc1c(OCCCCCCCC)ccc(C(=O)c2ccccc2)c1O. The Morgan fingerprint density at radius 1 is 1.04 bits per heavy atom. The highest BCUT2D eigenvalue weighted by atomic mass is 16.5. The molecule has 0 saturated heterocycles. The largest absolute Gasteiger partial charge is 0.507 e. The van der Waals surface area contributed by atoms with Gasteiger partial charge in [0.05, 0.1) is 12.2 Å². The second-order valence-electron chi connectivity index (χ2n) is 6.74. The molecular weight excluding hydrogens is 336 g/mol. The lowest BCUT2D eigenvalue weighted by Crippen LogP contribution is -2.06. The summed E-state index contributed by atoms with van der Waals surface area (Å²) in [4.78, 5) is 12.7. The molecule has 0 saturated carbocycles. The third-order valence-electron chi connectivity index (χ3n) is 4.62. The number of hydrogen-bond acceptors (Lipinski definition) is 3. The molecule has 0 unspecified atom stereocenters. The zero-order valence-corrected chi connectivity index (χ0v) is 16.2. The van der Waals surface area contributed by atoms with Crippen LogP contribution in [-0.4, -0.2) is 17.5 Å². The van der Waals surface area contributed by atoms with Crippen molar-refractivity contribution in [1.82, 2.24) is 0 Å². The minimum Gasteiger partial charge on any atom is -0.507 e.